The van der Waals surface area contributed by atoms with E-state index in [1.165, 1.54) is 0 Å². The van der Waals surface area contributed by atoms with Crippen LogP contribution in [-0.4, -0.2) is 23.8 Å². The highest BCUT2D eigenvalue weighted by molar-refractivity contribution is 6.31. The van der Waals surface area contributed by atoms with Gasteiger partial charge in [0.1, 0.15) is 5.84 Å². The third kappa shape index (κ3) is 3.20. The summed E-state index contributed by atoms with van der Waals surface area (Å²) in [7, 11) is 1.98. The van der Waals surface area contributed by atoms with E-state index in [0.717, 1.165) is 17.0 Å². The van der Waals surface area contributed by atoms with Crippen molar-refractivity contribution in [2.24, 2.45) is 5.73 Å². The van der Waals surface area contributed by atoms with Gasteiger partial charge in [-0.25, -0.2) is 0 Å². The van der Waals surface area contributed by atoms with Crippen LogP contribution in [0, 0.1) is 5.41 Å². The van der Waals surface area contributed by atoms with Crippen LogP contribution >= 0.6 is 11.6 Å². The van der Waals surface area contributed by atoms with Gasteiger partial charge in [-0.05, 0) is 32.0 Å². The van der Waals surface area contributed by atoms with Crippen molar-refractivity contribution in [1.82, 2.24) is 4.90 Å². The van der Waals surface area contributed by atoms with Crippen LogP contribution in [0.2, 0.25) is 5.02 Å². The van der Waals surface area contributed by atoms with E-state index in [2.05, 4.69) is 11.8 Å². The third-order valence-electron chi connectivity index (χ3n) is 3.20. The molecule has 1 rings (SSSR count). The zero-order chi connectivity index (χ0) is 13.0. The van der Waals surface area contributed by atoms with Gasteiger partial charge >= 0.3 is 0 Å². The maximum Gasteiger partial charge on any atom is 0.108 e. The van der Waals surface area contributed by atoms with E-state index in [0.29, 0.717) is 0 Å². The molecular weight excluding hydrogens is 234 g/mol. The zero-order valence-corrected chi connectivity index (χ0v) is 11.3. The molecule has 0 heterocycles. The molecule has 0 amide bonds. The van der Waals surface area contributed by atoms with Crippen LogP contribution in [0.25, 0.3) is 0 Å². The summed E-state index contributed by atoms with van der Waals surface area (Å²) in [5.41, 5.74) is 6.68. The summed E-state index contributed by atoms with van der Waals surface area (Å²) in [5.74, 6) is 0.203. The topological polar surface area (TPSA) is 53.1 Å². The fourth-order valence-electron chi connectivity index (χ4n) is 2.03. The minimum atomic E-state index is -0.0405. The molecule has 2 atom stereocenters. The molecule has 0 saturated carbocycles. The highest BCUT2D eigenvalue weighted by atomic mass is 35.5. The predicted octanol–water partition coefficient (Wildman–Crippen LogP) is 3.05. The molecule has 0 aliphatic carbocycles. The van der Waals surface area contributed by atoms with E-state index < -0.39 is 0 Å². The van der Waals surface area contributed by atoms with E-state index in [-0.39, 0.29) is 17.9 Å². The maximum atomic E-state index is 7.59. The molecule has 0 spiro atoms. The molecule has 0 bridgehead atoms. The fraction of sp³-hybridized carbons (Fsp3) is 0.462. The molecule has 0 aliphatic heterocycles. The highest BCUT2D eigenvalue weighted by Crippen LogP contribution is 2.27. The lowest BCUT2D eigenvalue weighted by atomic mass is 10.0. The molecule has 4 heteroatoms. The number of nitrogens with one attached hydrogen (secondary N) is 1. The second-order valence-electron chi connectivity index (χ2n) is 4.24. The van der Waals surface area contributed by atoms with Gasteiger partial charge in [0, 0.05) is 11.1 Å². The number of amidine groups is 1. The molecule has 1 aromatic rings. The van der Waals surface area contributed by atoms with E-state index in [1.807, 2.05) is 38.2 Å². The average molecular weight is 254 g/mol. The fourth-order valence-corrected chi connectivity index (χ4v) is 2.32. The molecule has 3 nitrogen and oxygen atoms in total. The molecular formula is C13H20ClN3. The molecule has 0 aliphatic rings. The Kier molecular flexibility index (Phi) is 4.97. The molecule has 1 aromatic carbocycles. The minimum absolute atomic E-state index is 0.0405. The monoisotopic (exact) mass is 253 g/mol. The normalized spacial score (nSPS) is 14.6. The maximum absolute atomic E-state index is 7.59. The van der Waals surface area contributed by atoms with Gasteiger partial charge in [0.15, 0.2) is 0 Å². The summed E-state index contributed by atoms with van der Waals surface area (Å²) in [6, 6.07) is 7.88. The summed E-state index contributed by atoms with van der Waals surface area (Å²) in [4.78, 5) is 2.09. The van der Waals surface area contributed by atoms with Crippen LogP contribution in [0.1, 0.15) is 31.9 Å². The predicted molar refractivity (Wildman–Crippen MR) is 73.6 cm³/mol. The summed E-state index contributed by atoms with van der Waals surface area (Å²) >= 11 is 6.18. The van der Waals surface area contributed by atoms with E-state index in [1.54, 1.807) is 0 Å². The van der Waals surface area contributed by atoms with Gasteiger partial charge in [0.25, 0.3) is 0 Å². The molecule has 2 unspecified atom stereocenters. The molecule has 0 aromatic heterocycles. The van der Waals surface area contributed by atoms with Crippen LogP contribution in [0.4, 0.5) is 0 Å². The first-order valence-corrected chi connectivity index (χ1v) is 6.17. The van der Waals surface area contributed by atoms with Gasteiger partial charge in [-0.2, -0.15) is 0 Å². The van der Waals surface area contributed by atoms with Crippen LogP contribution in [0.3, 0.4) is 0 Å². The van der Waals surface area contributed by atoms with Gasteiger partial charge in [-0.3, -0.25) is 10.3 Å². The molecule has 0 fully saturated rings. The van der Waals surface area contributed by atoms with E-state index in [9.17, 15) is 0 Å². The first-order valence-electron chi connectivity index (χ1n) is 5.79. The number of nitrogens with two attached hydrogens (primary N) is 1. The quantitative estimate of drug-likeness (QED) is 0.626. The zero-order valence-electron chi connectivity index (χ0n) is 10.6. The molecule has 17 heavy (non-hydrogen) atoms. The van der Waals surface area contributed by atoms with Crippen molar-refractivity contribution in [2.75, 3.05) is 7.05 Å². The standard InChI is InChI=1S/C13H20ClN3/c1-4-12(13(15)16)17(3)9(2)10-7-5-6-8-11(10)14/h5-9,12H,4H2,1-3H3,(H3,15,16). The Balaban J connectivity index is 2.93. The Morgan fingerprint density at radius 1 is 1.47 bits per heavy atom. The van der Waals surface area contributed by atoms with Crippen molar-refractivity contribution in [2.45, 2.75) is 32.4 Å². The Hall–Kier alpha value is -1.06. The summed E-state index contributed by atoms with van der Waals surface area (Å²) in [6.07, 6.45) is 0.820. The largest absolute Gasteiger partial charge is 0.386 e. The second kappa shape index (κ2) is 6.03. The summed E-state index contributed by atoms with van der Waals surface area (Å²) < 4.78 is 0. The molecule has 94 valence electrons. The summed E-state index contributed by atoms with van der Waals surface area (Å²) in [5, 5.41) is 8.35. The molecule has 0 saturated heterocycles. The van der Waals surface area contributed by atoms with Crippen LogP contribution in [-0.2, 0) is 0 Å². The Morgan fingerprint density at radius 3 is 2.53 bits per heavy atom. The minimum Gasteiger partial charge on any atom is -0.386 e. The second-order valence-corrected chi connectivity index (χ2v) is 4.65. The van der Waals surface area contributed by atoms with Crippen molar-refractivity contribution in [3.05, 3.63) is 34.9 Å². The number of likely N-dealkylation sites (N-methyl/N-ethyl adjacent to an activating group) is 1. The van der Waals surface area contributed by atoms with Crippen molar-refractivity contribution < 1.29 is 0 Å². The number of rotatable bonds is 5. The Morgan fingerprint density at radius 2 is 2.06 bits per heavy atom. The summed E-state index contributed by atoms with van der Waals surface area (Å²) in [6.45, 7) is 4.11. The van der Waals surface area contributed by atoms with Crippen molar-refractivity contribution >= 4 is 17.4 Å². The van der Waals surface area contributed by atoms with Gasteiger partial charge in [-0.1, -0.05) is 36.7 Å². The highest BCUT2D eigenvalue weighted by Gasteiger charge is 2.22. The van der Waals surface area contributed by atoms with E-state index >= 15 is 0 Å². The van der Waals surface area contributed by atoms with Gasteiger partial charge in [0.2, 0.25) is 0 Å². The van der Waals surface area contributed by atoms with Crippen LogP contribution in [0.15, 0.2) is 24.3 Å². The van der Waals surface area contributed by atoms with Gasteiger partial charge in [-0.15, -0.1) is 0 Å². The Bertz CT molecular complexity index is 392. The SMILES string of the molecule is CCC(C(=N)N)N(C)C(C)c1ccccc1Cl. The lowest BCUT2D eigenvalue weighted by Crippen LogP contribution is -2.42. The number of halogens is 1. The number of nitrogens with zero attached hydrogens (tertiary/aromatic N) is 1. The van der Waals surface area contributed by atoms with Gasteiger partial charge < -0.3 is 5.73 Å². The average Bonchev–Trinajstić information content (AvgIpc) is 2.29. The smallest absolute Gasteiger partial charge is 0.108 e. The Labute approximate surface area is 108 Å². The molecule has 3 N–H and O–H groups in total. The first kappa shape index (κ1) is 14.0. The number of hydrogen-bond acceptors (Lipinski definition) is 2. The van der Waals surface area contributed by atoms with Crippen LogP contribution < -0.4 is 5.73 Å². The van der Waals surface area contributed by atoms with Crippen LogP contribution in [0.5, 0.6) is 0 Å². The lowest BCUT2D eigenvalue weighted by molar-refractivity contribution is 0.223. The van der Waals surface area contributed by atoms with Crippen molar-refractivity contribution in [3.8, 4) is 0 Å². The lowest BCUT2D eigenvalue weighted by Gasteiger charge is -2.32. The van der Waals surface area contributed by atoms with Crippen molar-refractivity contribution in [1.29, 1.82) is 5.41 Å². The van der Waals surface area contributed by atoms with E-state index in [4.69, 9.17) is 22.7 Å². The number of benzene rings is 1. The molecule has 0 radical (unpaired) electrons. The third-order valence-corrected chi connectivity index (χ3v) is 3.55. The van der Waals surface area contributed by atoms with Crippen molar-refractivity contribution in [3.63, 3.8) is 0 Å². The number of hydrogen-bond donors (Lipinski definition) is 2. The van der Waals surface area contributed by atoms with Gasteiger partial charge in [0.05, 0.1) is 6.04 Å². The first-order chi connectivity index (χ1) is 7.99.